The number of rotatable bonds is 0. The van der Waals surface area contributed by atoms with Gasteiger partial charge in [0.2, 0.25) is 0 Å². The lowest BCUT2D eigenvalue weighted by molar-refractivity contribution is 0.898. The molecule has 0 bridgehead atoms. The Kier molecular flexibility index (Phi) is 1.93. The molecule has 0 aromatic carbocycles. The molecule has 0 saturated heterocycles. The van der Waals surface area contributed by atoms with Gasteiger partial charge in [0.25, 0.3) is 0 Å². The molecule has 0 atom stereocenters. The summed E-state index contributed by atoms with van der Waals surface area (Å²) >= 11 is 5.10. The van der Waals surface area contributed by atoms with Crippen molar-refractivity contribution in [2.24, 2.45) is 0 Å². The summed E-state index contributed by atoms with van der Waals surface area (Å²) in [6.45, 7) is 1.99. The van der Waals surface area contributed by atoms with Gasteiger partial charge in [-0.15, -0.1) is 0 Å². The van der Waals surface area contributed by atoms with Gasteiger partial charge in [0.15, 0.2) is 0 Å². The van der Waals surface area contributed by atoms with E-state index in [1.807, 2.05) is 6.92 Å². The maximum Gasteiger partial charge on any atom is 0.121 e. The third kappa shape index (κ3) is 1.18. The van der Waals surface area contributed by atoms with Crippen LogP contribution in [0.4, 0.5) is 0 Å². The summed E-state index contributed by atoms with van der Waals surface area (Å²) in [5.41, 5.74) is 4.28. The normalized spacial score (nSPS) is 13.8. The number of hydrogen-bond donors (Lipinski definition) is 1. The Labute approximate surface area is 82.2 Å². The highest BCUT2D eigenvalue weighted by Crippen LogP contribution is 2.25. The third-order valence-corrected chi connectivity index (χ3v) is 2.95. The Balaban J connectivity index is 2.79. The minimum absolute atomic E-state index is 0.598. The average molecular weight is 190 g/mol. The van der Waals surface area contributed by atoms with Crippen molar-refractivity contribution in [3.8, 4) is 6.07 Å². The Bertz CT molecular complexity index is 451. The molecule has 1 aromatic heterocycles. The van der Waals surface area contributed by atoms with E-state index in [-0.39, 0.29) is 0 Å². The number of H-pyrrole nitrogens is 1. The zero-order valence-electron chi connectivity index (χ0n) is 7.48. The molecule has 0 radical (unpaired) electrons. The topological polar surface area (TPSA) is 39.6 Å². The van der Waals surface area contributed by atoms with Gasteiger partial charge in [-0.3, -0.25) is 0 Å². The molecule has 0 amide bonds. The molecular weight excluding hydrogens is 180 g/mol. The summed E-state index contributed by atoms with van der Waals surface area (Å²) in [7, 11) is 0. The van der Waals surface area contributed by atoms with Crippen molar-refractivity contribution in [2.75, 3.05) is 0 Å². The lowest BCUT2D eigenvalue weighted by Crippen LogP contribution is -1.97. The van der Waals surface area contributed by atoms with Gasteiger partial charge < -0.3 is 4.98 Å². The maximum atomic E-state index is 8.89. The molecular formula is C10H10N2S. The minimum atomic E-state index is 0.598. The molecule has 66 valence electrons. The van der Waals surface area contributed by atoms with Crippen molar-refractivity contribution in [3.05, 3.63) is 27.0 Å². The fourth-order valence-corrected chi connectivity index (χ4v) is 2.27. The van der Waals surface area contributed by atoms with Crippen LogP contribution in [0.2, 0.25) is 0 Å². The molecule has 0 aliphatic heterocycles. The number of aromatic nitrogens is 1. The van der Waals surface area contributed by atoms with Crippen LogP contribution < -0.4 is 0 Å². The highest BCUT2D eigenvalue weighted by Gasteiger charge is 2.16. The van der Waals surface area contributed by atoms with Crippen molar-refractivity contribution in [1.82, 2.24) is 4.98 Å². The van der Waals surface area contributed by atoms with E-state index >= 15 is 0 Å². The van der Waals surface area contributed by atoms with Crippen LogP contribution in [0.3, 0.4) is 0 Å². The maximum absolute atomic E-state index is 8.89. The Morgan fingerprint density at radius 2 is 2.23 bits per heavy atom. The molecule has 1 aromatic rings. The molecule has 0 spiro atoms. The summed E-state index contributed by atoms with van der Waals surface area (Å²) in [6.07, 6.45) is 3.34. The smallest absolute Gasteiger partial charge is 0.121 e. The van der Waals surface area contributed by atoms with Crippen molar-refractivity contribution in [1.29, 1.82) is 5.26 Å². The van der Waals surface area contributed by atoms with E-state index in [1.54, 1.807) is 0 Å². The summed E-state index contributed by atoms with van der Waals surface area (Å²) in [5, 5.41) is 8.89. The molecule has 1 aliphatic rings. The Morgan fingerprint density at radius 3 is 2.92 bits per heavy atom. The third-order valence-electron chi connectivity index (χ3n) is 2.65. The molecule has 2 rings (SSSR count). The van der Waals surface area contributed by atoms with Crippen molar-refractivity contribution < 1.29 is 0 Å². The van der Waals surface area contributed by atoms with E-state index in [1.165, 1.54) is 17.7 Å². The van der Waals surface area contributed by atoms with Crippen molar-refractivity contribution in [3.63, 3.8) is 0 Å². The molecule has 0 saturated carbocycles. The van der Waals surface area contributed by atoms with Gasteiger partial charge in [0, 0.05) is 5.69 Å². The Morgan fingerprint density at radius 1 is 1.46 bits per heavy atom. The second kappa shape index (κ2) is 2.97. The summed E-state index contributed by atoms with van der Waals surface area (Å²) in [6, 6.07) is 2.16. The van der Waals surface area contributed by atoms with E-state index in [0.29, 0.717) is 10.2 Å². The minimum Gasteiger partial charge on any atom is -0.349 e. The van der Waals surface area contributed by atoms with E-state index in [0.717, 1.165) is 18.4 Å². The van der Waals surface area contributed by atoms with Gasteiger partial charge in [-0.1, -0.05) is 12.2 Å². The van der Waals surface area contributed by atoms with Crippen LogP contribution in [-0.4, -0.2) is 4.98 Å². The number of fused-ring (bicyclic) bond motifs is 1. The quantitative estimate of drug-likeness (QED) is 0.638. The number of nitriles is 1. The van der Waals surface area contributed by atoms with Gasteiger partial charge >= 0.3 is 0 Å². The van der Waals surface area contributed by atoms with E-state index in [9.17, 15) is 0 Å². The summed E-state index contributed by atoms with van der Waals surface area (Å²) in [4.78, 5) is 3.14. The number of aromatic amines is 1. The number of pyridine rings is 1. The molecule has 0 unspecified atom stereocenters. The molecule has 13 heavy (non-hydrogen) atoms. The van der Waals surface area contributed by atoms with Crippen LogP contribution in [-0.2, 0) is 12.8 Å². The van der Waals surface area contributed by atoms with Gasteiger partial charge in [-0.25, -0.2) is 0 Å². The predicted octanol–water partition coefficient (Wildman–Crippen LogP) is 2.41. The zero-order chi connectivity index (χ0) is 9.42. The van der Waals surface area contributed by atoms with Crippen LogP contribution in [0.25, 0.3) is 0 Å². The average Bonchev–Trinajstić information content (AvgIpc) is 2.53. The fraction of sp³-hybridized carbons (Fsp3) is 0.400. The zero-order valence-corrected chi connectivity index (χ0v) is 8.29. The molecule has 2 nitrogen and oxygen atoms in total. The van der Waals surface area contributed by atoms with Gasteiger partial charge in [0.1, 0.15) is 10.7 Å². The van der Waals surface area contributed by atoms with E-state index < -0.39 is 0 Å². The second-order valence-corrected chi connectivity index (χ2v) is 3.78. The first-order chi connectivity index (χ1) is 6.24. The lowest BCUT2D eigenvalue weighted by atomic mass is 10.0. The SMILES string of the molecule is Cc1c2c([nH]c(=S)c1C#N)CCC2. The summed E-state index contributed by atoms with van der Waals surface area (Å²) < 4.78 is 0.598. The van der Waals surface area contributed by atoms with Crippen LogP contribution >= 0.6 is 12.2 Å². The van der Waals surface area contributed by atoms with E-state index in [4.69, 9.17) is 17.5 Å². The van der Waals surface area contributed by atoms with Crippen LogP contribution in [0.5, 0.6) is 0 Å². The molecule has 3 heteroatoms. The number of nitrogens with zero attached hydrogens (tertiary/aromatic N) is 1. The first kappa shape index (κ1) is 8.46. The second-order valence-electron chi connectivity index (χ2n) is 3.38. The van der Waals surface area contributed by atoms with Crippen LogP contribution in [0, 0.1) is 22.9 Å². The summed E-state index contributed by atoms with van der Waals surface area (Å²) in [5.74, 6) is 0. The highest BCUT2D eigenvalue weighted by atomic mass is 32.1. The predicted molar refractivity (Wildman–Crippen MR) is 53.1 cm³/mol. The standard InChI is InChI=1S/C10H10N2S/c1-6-7-3-2-4-9(7)12-10(13)8(6)5-11/h2-4H2,1H3,(H,12,13). The Hall–Kier alpha value is -1.14. The fourth-order valence-electron chi connectivity index (χ4n) is 1.95. The van der Waals surface area contributed by atoms with Crippen molar-refractivity contribution >= 4 is 12.2 Å². The number of nitrogens with one attached hydrogen (secondary N) is 1. The van der Waals surface area contributed by atoms with Gasteiger partial charge in [0.05, 0.1) is 5.56 Å². The van der Waals surface area contributed by atoms with Crippen molar-refractivity contribution in [2.45, 2.75) is 26.2 Å². The van der Waals surface area contributed by atoms with Gasteiger partial charge in [-0.05, 0) is 37.3 Å². The van der Waals surface area contributed by atoms with Crippen LogP contribution in [0.15, 0.2) is 0 Å². The number of aryl methyl sites for hydroxylation is 1. The molecule has 0 fully saturated rings. The largest absolute Gasteiger partial charge is 0.349 e. The van der Waals surface area contributed by atoms with Crippen LogP contribution in [0.1, 0.15) is 28.8 Å². The van der Waals surface area contributed by atoms with E-state index in [2.05, 4.69) is 11.1 Å². The first-order valence-corrected chi connectivity index (χ1v) is 4.79. The first-order valence-electron chi connectivity index (χ1n) is 4.38. The molecule has 1 aliphatic carbocycles. The monoisotopic (exact) mass is 190 g/mol. The highest BCUT2D eigenvalue weighted by molar-refractivity contribution is 7.71. The number of hydrogen-bond acceptors (Lipinski definition) is 2. The molecule has 1 N–H and O–H groups in total. The lowest BCUT2D eigenvalue weighted by Gasteiger charge is -2.05. The molecule has 1 heterocycles. The van der Waals surface area contributed by atoms with Gasteiger partial charge in [-0.2, -0.15) is 5.26 Å².